The Morgan fingerprint density at radius 1 is 1.09 bits per heavy atom. The zero-order chi connectivity index (χ0) is 15.0. The van der Waals surface area contributed by atoms with Crippen molar-refractivity contribution in [2.45, 2.75) is 0 Å². The van der Waals surface area contributed by atoms with Crippen molar-refractivity contribution >= 4 is 39.4 Å². The molecule has 1 aromatic carbocycles. The lowest BCUT2D eigenvalue weighted by atomic mass is 10.0. The SMILES string of the molecule is Cn1c2ccccc2c2c3c(c4nccn4c21)C(=O)NC3=O. The van der Waals surface area contributed by atoms with Crippen LogP contribution in [0.3, 0.4) is 0 Å². The molecule has 22 heavy (non-hydrogen) atoms. The number of aromatic nitrogens is 3. The number of benzene rings is 1. The second-order valence-electron chi connectivity index (χ2n) is 5.43. The molecular formula is C16H10N4O2. The van der Waals surface area contributed by atoms with Gasteiger partial charge in [0.15, 0.2) is 5.65 Å². The first-order chi connectivity index (χ1) is 10.7. The molecule has 5 rings (SSSR count). The summed E-state index contributed by atoms with van der Waals surface area (Å²) in [5.74, 6) is -0.738. The van der Waals surface area contributed by atoms with Gasteiger partial charge in [0.1, 0.15) is 5.65 Å². The predicted molar refractivity (Wildman–Crippen MR) is 81.0 cm³/mol. The summed E-state index contributed by atoms with van der Waals surface area (Å²) >= 11 is 0. The smallest absolute Gasteiger partial charge is 0.262 e. The maximum absolute atomic E-state index is 12.3. The monoisotopic (exact) mass is 290 g/mol. The van der Waals surface area contributed by atoms with E-state index >= 15 is 0 Å². The van der Waals surface area contributed by atoms with Gasteiger partial charge in [-0.15, -0.1) is 0 Å². The van der Waals surface area contributed by atoms with Crippen molar-refractivity contribution in [2.75, 3.05) is 0 Å². The first kappa shape index (κ1) is 11.5. The van der Waals surface area contributed by atoms with E-state index in [0.717, 1.165) is 21.9 Å². The van der Waals surface area contributed by atoms with Gasteiger partial charge in [0, 0.05) is 30.2 Å². The molecule has 3 aromatic heterocycles. The summed E-state index contributed by atoms with van der Waals surface area (Å²) in [4.78, 5) is 28.8. The maximum atomic E-state index is 12.3. The maximum Gasteiger partial charge on any atom is 0.262 e. The minimum absolute atomic E-state index is 0.355. The molecule has 0 bridgehead atoms. The molecule has 1 aliphatic heterocycles. The first-order valence-corrected chi connectivity index (χ1v) is 6.90. The molecule has 6 nitrogen and oxygen atoms in total. The number of hydrogen-bond acceptors (Lipinski definition) is 3. The van der Waals surface area contributed by atoms with Crippen LogP contribution in [0.5, 0.6) is 0 Å². The van der Waals surface area contributed by atoms with E-state index in [1.807, 2.05) is 46.5 Å². The summed E-state index contributed by atoms with van der Waals surface area (Å²) in [7, 11) is 1.95. The molecule has 0 unspecified atom stereocenters. The average molecular weight is 290 g/mol. The number of imidazole rings is 1. The molecule has 0 saturated heterocycles. The van der Waals surface area contributed by atoms with Gasteiger partial charge in [0.05, 0.1) is 16.6 Å². The molecule has 0 fully saturated rings. The number of nitrogens with zero attached hydrogens (tertiary/aromatic N) is 3. The summed E-state index contributed by atoms with van der Waals surface area (Å²) in [5.41, 5.74) is 3.16. The number of para-hydroxylation sites is 1. The van der Waals surface area contributed by atoms with Gasteiger partial charge in [-0.05, 0) is 6.07 Å². The third-order valence-corrected chi connectivity index (χ3v) is 4.35. The van der Waals surface area contributed by atoms with Crippen LogP contribution >= 0.6 is 0 Å². The van der Waals surface area contributed by atoms with Crippen molar-refractivity contribution in [3.05, 3.63) is 47.8 Å². The van der Waals surface area contributed by atoms with E-state index in [2.05, 4.69) is 10.3 Å². The number of imide groups is 1. The third-order valence-electron chi connectivity index (χ3n) is 4.35. The van der Waals surface area contributed by atoms with E-state index in [-0.39, 0.29) is 11.8 Å². The summed E-state index contributed by atoms with van der Waals surface area (Å²) in [5, 5.41) is 4.14. The summed E-state index contributed by atoms with van der Waals surface area (Å²) in [6.45, 7) is 0. The highest BCUT2D eigenvalue weighted by molar-refractivity contribution is 6.31. The minimum Gasteiger partial charge on any atom is -0.329 e. The second-order valence-corrected chi connectivity index (χ2v) is 5.43. The van der Waals surface area contributed by atoms with Crippen LogP contribution < -0.4 is 5.32 Å². The Kier molecular flexibility index (Phi) is 1.85. The van der Waals surface area contributed by atoms with Crippen molar-refractivity contribution in [2.24, 2.45) is 7.05 Å². The molecule has 0 spiro atoms. The number of nitrogens with one attached hydrogen (secondary N) is 1. The Labute approximate surface area is 124 Å². The van der Waals surface area contributed by atoms with Gasteiger partial charge in [-0.25, -0.2) is 4.98 Å². The van der Waals surface area contributed by atoms with Crippen molar-refractivity contribution in [1.29, 1.82) is 0 Å². The van der Waals surface area contributed by atoms with E-state index in [1.54, 1.807) is 6.20 Å². The molecular weight excluding hydrogens is 280 g/mol. The Balaban J connectivity index is 2.23. The van der Waals surface area contributed by atoms with Crippen LogP contribution in [-0.2, 0) is 7.05 Å². The van der Waals surface area contributed by atoms with Crippen LogP contribution in [0.4, 0.5) is 0 Å². The van der Waals surface area contributed by atoms with Crippen LogP contribution in [0.1, 0.15) is 20.7 Å². The van der Waals surface area contributed by atoms with Gasteiger partial charge in [0.25, 0.3) is 11.8 Å². The normalized spacial score (nSPS) is 14.2. The van der Waals surface area contributed by atoms with E-state index < -0.39 is 0 Å². The van der Waals surface area contributed by atoms with Gasteiger partial charge in [-0.2, -0.15) is 0 Å². The molecule has 6 heteroatoms. The van der Waals surface area contributed by atoms with Crippen molar-refractivity contribution < 1.29 is 9.59 Å². The van der Waals surface area contributed by atoms with Crippen molar-refractivity contribution in [1.82, 2.24) is 19.3 Å². The molecule has 1 N–H and O–H groups in total. The molecule has 0 radical (unpaired) electrons. The molecule has 1 aliphatic rings. The standard InChI is InChI=1S/C16H10N4O2/c1-19-9-5-3-2-4-8(9)10-11-12(15(22)18-14(11)21)13-17-6-7-20(13)16(10)19/h2-7H,1H3,(H,18,21,22). The highest BCUT2D eigenvalue weighted by Crippen LogP contribution is 2.36. The van der Waals surface area contributed by atoms with Crippen LogP contribution in [0.25, 0.3) is 27.6 Å². The van der Waals surface area contributed by atoms with E-state index in [0.29, 0.717) is 16.8 Å². The average Bonchev–Trinajstić information content (AvgIpc) is 3.16. The highest BCUT2D eigenvalue weighted by atomic mass is 16.2. The number of fused-ring (bicyclic) bond motifs is 8. The summed E-state index contributed by atoms with van der Waals surface area (Å²) in [6.07, 6.45) is 3.45. The highest BCUT2D eigenvalue weighted by Gasteiger charge is 2.34. The number of aryl methyl sites for hydroxylation is 1. The zero-order valence-electron chi connectivity index (χ0n) is 11.6. The van der Waals surface area contributed by atoms with Crippen molar-refractivity contribution in [3.63, 3.8) is 0 Å². The number of hydrogen-bond donors (Lipinski definition) is 1. The predicted octanol–water partition coefficient (Wildman–Crippen LogP) is 1.86. The quantitative estimate of drug-likeness (QED) is 0.503. The topological polar surface area (TPSA) is 68.4 Å². The summed E-state index contributed by atoms with van der Waals surface area (Å²) < 4.78 is 3.89. The molecule has 4 heterocycles. The zero-order valence-corrected chi connectivity index (χ0v) is 11.6. The lowest BCUT2D eigenvalue weighted by Gasteiger charge is -2.05. The van der Waals surface area contributed by atoms with Gasteiger partial charge in [-0.1, -0.05) is 18.2 Å². The summed E-state index contributed by atoms with van der Waals surface area (Å²) in [6, 6.07) is 7.86. The molecule has 0 aliphatic carbocycles. The number of rotatable bonds is 0. The van der Waals surface area contributed by atoms with Crippen molar-refractivity contribution in [3.8, 4) is 0 Å². The number of carbonyl (C=O) groups excluding carboxylic acids is 2. The molecule has 0 atom stereocenters. The Morgan fingerprint density at radius 3 is 2.73 bits per heavy atom. The van der Waals surface area contributed by atoms with Crippen LogP contribution in [0, 0.1) is 0 Å². The van der Waals surface area contributed by atoms with Crippen LogP contribution in [0.2, 0.25) is 0 Å². The second kappa shape index (κ2) is 3.54. The number of pyridine rings is 1. The number of carbonyl (C=O) groups is 2. The van der Waals surface area contributed by atoms with Gasteiger partial charge in [-0.3, -0.25) is 19.3 Å². The minimum atomic E-state index is -0.383. The van der Waals surface area contributed by atoms with E-state index in [9.17, 15) is 9.59 Å². The molecule has 2 amide bonds. The molecule has 4 aromatic rings. The number of amides is 2. The van der Waals surface area contributed by atoms with Gasteiger partial charge >= 0.3 is 0 Å². The van der Waals surface area contributed by atoms with Gasteiger partial charge in [0.2, 0.25) is 0 Å². The lowest BCUT2D eigenvalue weighted by Crippen LogP contribution is -2.20. The van der Waals surface area contributed by atoms with E-state index in [1.165, 1.54) is 0 Å². The van der Waals surface area contributed by atoms with E-state index in [4.69, 9.17) is 0 Å². The third kappa shape index (κ3) is 1.11. The van der Waals surface area contributed by atoms with Gasteiger partial charge < -0.3 is 4.57 Å². The Morgan fingerprint density at radius 2 is 1.86 bits per heavy atom. The Bertz CT molecular complexity index is 1150. The lowest BCUT2D eigenvalue weighted by molar-refractivity contribution is 0.0880. The first-order valence-electron chi connectivity index (χ1n) is 6.90. The largest absolute Gasteiger partial charge is 0.329 e. The van der Waals surface area contributed by atoms with Crippen LogP contribution in [-0.4, -0.2) is 25.8 Å². The Hall–Kier alpha value is -3.15. The van der Waals surface area contributed by atoms with Crippen LogP contribution in [0.15, 0.2) is 36.7 Å². The fraction of sp³-hybridized carbons (Fsp3) is 0.0625. The molecule has 106 valence electrons. The fourth-order valence-electron chi connectivity index (χ4n) is 3.47. The fourth-order valence-corrected chi connectivity index (χ4v) is 3.47. The molecule has 0 saturated carbocycles.